The number of aliphatic hydroxyl groups is 1. The first kappa shape index (κ1) is 18.5. The number of rotatable bonds is 7. The van der Waals surface area contributed by atoms with Gasteiger partial charge in [-0.25, -0.2) is 4.79 Å². The molecule has 0 aliphatic heterocycles. The van der Waals surface area contributed by atoms with E-state index in [2.05, 4.69) is 5.32 Å². The second kappa shape index (κ2) is 8.84. The van der Waals surface area contributed by atoms with Crippen molar-refractivity contribution in [2.24, 2.45) is 0 Å². The molecule has 0 heterocycles. The molecule has 0 aliphatic rings. The number of para-hydroxylation sites is 1. The fourth-order valence-corrected chi connectivity index (χ4v) is 2.20. The average Bonchev–Trinajstić information content (AvgIpc) is 2.66. The number of carbonyl (C=O) groups excluding carboxylic acids is 2. The van der Waals surface area contributed by atoms with Crippen molar-refractivity contribution in [3.63, 3.8) is 0 Å². The highest BCUT2D eigenvalue weighted by molar-refractivity contribution is 5.92. The van der Waals surface area contributed by atoms with Crippen LogP contribution in [0, 0.1) is 0 Å². The highest BCUT2D eigenvalue weighted by Gasteiger charge is 2.19. The van der Waals surface area contributed by atoms with Crippen LogP contribution in [0.4, 0.5) is 0 Å². The Morgan fingerprint density at radius 3 is 2.44 bits per heavy atom. The molecule has 0 unspecified atom stereocenters. The molecule has 2 N–H and O–H groups in total. The summed E-state index contributed by atoms with van der Waals surface area (Å²) in [7, 11) is 1.56. The first-order valence-electron chi connectivity index (χ1n) is 7.85. The standard InChI is InChI=1S/C19H21NO5/c1-13(25-19(23)15-9-7-14(12-21)8-10-15)18(22)20-11-16-5-3-4-6-17(16)24-2/h3-10,13,21H,11-12H2,1-2H3,(H,20,22)/t13-/m1/s1. The SMILES string of the molecule is COc1ccccc1CNC(=O)[C@@H](C)OC(=O)c1ccc(CO)cc1. The van der Waals surface area contributed by atoms with Gasteiger partial charge in [0.05, 0.1) is 19.3 Å². The van der Waals surface area contributed by atoms with Crippen molar-refractivity contribution < 1.29 is 24.2 Å². The van der Waals surface area contributed by atoms with Crippen LogP contribution in [0.15, 0.2) is 48.5 Å². The number of esters is 1. The van der Waals surface area contributed by atoms with Crippen LogP contribution in [-0.4, -0.2) is 30.2 Å². The lowest BCUT2D eigenvalue weighted by molar-refractivity contribution is -0.129. The maximum Gasteiger partial charge on any atom is 0.338 e. The van der Waals surface area contributed by atoms with Crippen LogP contribution in [0.25, 0.3) is 0 Å². The molecule has 2 rings (SSSR count). The van der Waals surface area contributed by atoms with E-state index in [0.717, 1.165) is 5.56 Å². The third kappa shape index (κ3) is 5.06. The molecule has 2 aromatic rings. The Kier molecular flexibility index (Phi) is 6.54. The maximum absolute atomic E-state index is 12.1. The van der Waals surface area contributed by atoms with E-state index in [1.54, 1.807) is 37.4 Å². The zero-order valence-electron chi connectivity index (χ0n) is 14.2. The first-order chi connectivity index (χ1) is 12.0. The number of benzene rings is 2. The van der Waals surface area contributed by atoms with E-state index in [0.29, 0.717) is 16.9 Å². The molecule has 25 heavy (non-hydrogen) atoms. The second-order valence-electron chi connectivity index (χ2n) is 5.43. The minimum absolute atomic E-state index is 0.100. The number of carbonyl (C=O) groups is 2. The van der Waals surface area contributed by atoms with Gasteiger partial charge in [0.15, 0.2) is 6.10 Å². The molecule has 0 saturated carbocycles. The number of amides is 1. The third-order valence-corrected chi connectivity index (χ3v) is 3.67. The molecule has 1 atom stereocenters. The summed E-state index contributed by atoms with van der Waals surface area (Å²) in [6, 6.07) is 13.7. The van der Waals surface area contributed by atoms with E-state index in [-0.39, 0.29) is 13.2 Å². The molecule has 0 saturated heterocycles. The smallest absolute Gasteiger partial charge is 0.338 e. The Bertz CT molecular complexity index is 727. The van der Waals surface area contributed by atoms with Crippen LogP contribution in [0.5, 0.6) is 5.75 Å². The number of methoxy groups -OCH3 is 1. The summed E-state index contributed by atoms with van der Waals surface area (Å²) in [5.74, 6) is -0.313. The fourth-order valence-electron chi connectivity index (χ4n) is 2.20. The highest BCUT2D eigenvalue weighted by atomic mass is 16.5. The van der Waals surface area contributed by atoms with Gasteiger partial charge in [-0.05, 0) is 30.7 Å². The quantitative estimate of drug-likeness (QED) is 0.752. The van der Waals surface area contributed by atoms with Crippen LogP contribution >= 0.6 is 0 Å². The minimum atomic E-state index is -0.931. The molecule has 6 nitrogen and oxygen atoms in total. The van der Waals surface area contributed by atoms with E-state index in [4.69, 9.17) is 14.6 Å². The second-order valence-corrected chi connectivity index (χ2v) is 5.43. The Hall–Kier alpha value is -2.86. The number of aliphatic hydroxyl groups excluding tert-OH is 1. The van der Waals surface area contributed by atoms with Gasteiger partial charge in [0.2, 0.25) is 0 Å². The van der Waals surface area contributed by atoms with Crippen molar-refractivity contribution in [3.05, 3.63) is 65.2 Å². The summed E-state index contributed by atoms with van der Waals surface area (Å²) >= 11 is 0. The first-order valence-corrected chi connectivity index (χ1v) is 7.85. The van der Waals surface area contributed by atoms with Crippen molar-refractivity contribution >= 4 is 11.9 Å². The van der Waals surface area contributed by atoms with Gasteiger partial charge in [0.1, 0.15) is 5.75 Å². The van der Waals surface area contributed by atoms with Gasteiger partial charge < -0.3 is 19.9 Å². The summed E-state index contributed by atoms with van der Waals surface area (Å²) < 4.78 is 10.4. The number of nitrogens with one attached hydrogen (secondary N) is 1. The van der Waals surface area contributed by atoms with Crippen LogP contribution in [0.2, 0.25) is 0 Å². The molecule has 2 aromatic carbocycles. The zero-order valence-corrected chi connectivity index (χ0v) is 14.2. The van der Waals surface area contributed by atoms with Crippen molar-refractivity contribution in [2.75, 3.05) is 7.11 Å². The van der Waals surface area contributed by atoms with Crippen molar-refractivity contribution in [3.8, 4) is 5.75 Å². The lowest BCUT2D eigenvalue weighted by atomic mass is 10.1. The van der Waals surface area contributed by atoms with E-state index < -0.39 is 18.0 Å². The molecule has 132 valence electrons. The molecule has 0 bridgehead atoms. The van der Waals surface area contributed by atoms with Crippen molar-refractivity contribution in [2.45, 2.75) is 26.2 Å². The third-order valence-electron chi connectivity index (χ3n) is 3.67. The lowest BCUT2D eigenvalue weighted by Gasteiger charge is -2.14. The van der Waals surface area contributed by atoms with Gasteiger partial charge in [0, 0.05) is 12.1 Å². The Labute approximate surface area is 146 Å². The van der Waals surface area contributed by atoms with E-state index >= 15 is 0 Å². The van der Waals surface area contributed by atoms with Crippen molar-refractivity contribution in [1.29, 1.82) is 0 Å². The molecule has 0 radical (unpaired) electrons. The van der Waals surface area contributed by atoms with Gasteiger partial charge in [-0.2, -0.15) is 0 Å². The summed E-state index contributed by atoms with van der Waals surface area (Å²) in [6.07, 6.45) is -0.931. The Balaban J connectivity index is 1.89. The molecule has 0 aliphatic carbocycles. The molecule has 6 heteroatoms. The van der Waals surface area contributed by atoms with Crippen LogP contribution in [-0.2, 0) is 22.7 Å². The van der Waals surface area contributed by atoms with E-state index in [9.17, 15) is 9.59 Å². The average molecular weight is 343 g/mol. The summed E-state index contributed by atoms with van der Waals surface area (Å²) in [5, 5.41) is 11.7. The van der Waals surface area contributed by atoms with Gasteiger partial charge in [-0.15, -0.1) is 0 Å². The van der Waals surface area contributed by atoms with E-state index in [1.807, 2.05) is 18.2 Å². The molecular weight excluding hydrogens is 322 g/mol. The van der Waals surface area contributed by atoms with Gasteiger partial charge >= 0.3 is 5.97 Å². The largest absolute Gasteiger partial charge is 0.496 e. The van der Waals surface area contributed by atoms with Gasteiger partial charge in [-0.3, -0.25) is 4.79 Å². The predicted octanol–water partition coefficient (Wildman–Crippen LogP) is 2.05. The normalized spacial score (nSPS) is 11.5. The maximum atomic E-state index is 12.1. The number of hydrogen-bond acceptors (Lipinski definition) is 5. The molecular formula is C19H21NO5. The Morgan fingerprint density at radius 1 is 1.12 bits per heavy atom. The van der Waals surface area contributed by atoms with E-state index in [1.165, 1.54) is 6.92 Å². The summed E-state index contributed by atoms with van der Waals surface area (Å²) in [5.41, 5.74) is 1.84. The number of hydrogen-bond donors (Lipinski definition) is 2. The van der Waals surface area contributed by atoms with Crippen LogP contribution in [0.1, 0.15) is 28.4 Å². The minimum Gasteiger partial charge on any atom is -0.496 e. The molecule has 0 spiro atoms. The Morgan fingerprint density at radius 2 is 1.80 bits per heavy atom. The van der Waals surface area contributed by atoms with Gasteiger partial charge in [0.25, 0.3) is 5.91 Å². The van der Waals surface area contributed by atoms with Gasteiger partial charge in [-0.1, -0.05) is 30.3 Å². The predicted molar refractivity (Wildman–Crippen MR) is 92.1 cm³/mol. The molecule has 0 fully saturated rings. The fraction of sp³-hybridized carbons (Fsp3) is 0.263. The highest BCUT2D eigenvalue weighted by Crippen LogP contribution is 2.16. The number of ether oxygens (including phenoxy) is 2. The van der Waals surface area contributed by atoms with Crippen molar-refractivity contribution in [1.82, 2.24) is 5.32 Å². The zero-order chi connectivity index (χ0) is 18.2. The molecule has 0 aromatic heterocycles. The topological polar surface area (TPSA) is 84.9 Å². The van der Waals surface area contributed by atoms with Crippen LogP contribution < -0.4 is 10.1 Å². The van der Waals surface area contributed by atoms with Crippen LogP contribution in [0.3, 0.4) is 0 Å². The summed E-state index contributed by atoms with van der Waals surface area (Å²) in [6.45, 7) is 1.69. The lowest BCUT2D eigenvalue weighted by Crippen LogP contribution is -2.35. The monoisotopic (exact) mass is 343 g/mol. The summed E-state index contributed by atoms with van der Waals surface area (Å²) in [4.78, 5) is 24.2. The molecule has 1 amide bonds.